The molecule has 0 saturated carbocycles. The summed E-state index contributed by atoms with van der Waals surface area (Å²) in [4.78, 5) is 5.91. The minimum atomic E-state index is -3.80. The van der Waals surface area contributed by atoms with Gasteiger partial charge in [0.25, 0.3) is 0 Å². The number of primary sulfonamides is 1. The Morgan fingerprint density at radius 1 is 1.16 bits per heavy atom. The third kappa shape index (κ3) is 3.68. The molecule has 3 rings (SSSR count). The summed E-state index contributed by atoms with van der Waals surface area (Å²) in [5.74, 6) is 0.403. The lowest BCUT2D eigenvalue weighted by atomic mass is 10.1. The molecule has 0 spiro atoms. The van der Waals surface area contributed by atoms with Gasteiger partial charge >= 0.3 is 0 Å². The van der Waals surface area contributed by atoms with Crippen LogP contribution in [0, 0.1) is 0 Å². The molecule has 1 heterocycles. The van der Waals surface area contributed by atoms with E-state index in [9.17, 15) is 18.6 Å². The Hall–Kier alpha value is -1.97. The highest BCUT2D eigenvalue weighted by atomic mass is 35.5. The molecule has 0 bridgehead atoms. The second-order valence-corrected chi connectivity index (χ2v) is 7.71. The number of benzene rings is 2. The highest BCUT2D eigenvalue weighted by molar-refractivity contribution is 7.89. The second-order valence-electron chi connectivity index (χ2n) is 5.71. The molecule has 4 N–H and O–H groups in total. The summed E-state index contributed by atoms with van der Waals surface area (Å²) in [5, 5.41) is 25.5. The number of aliphatic hydroxyl groups is 2. The van der Waals surface area contributed by atoms with Crippen molar-refractivity contribution in [2.45, 2.75) is 10.6 Å². The fourth-order valence-corrected chi connectivity index (χ4v) is 3.20. The van der Waals surface area contributed by atoms with Crippen molar-refractivity contribution in [1.29, 1.82) is 0 Å². The van der Waals surface area contributed by atoms with Gasteiger partial charge in [0.05, 0.1) is 18.0 Å². The van der Waals surface area contributed by atoms with Crippen molar-refractivity contribution in [3.63, 3.8) is 0 Å². The number of aliphatic imine (C=N–C) groups is 1. The normalized spacial score (nSPS) is 20.6. The molecule has 7 nitrogen and oxygen atoms in total. The lowest BCUT2D eigenvalue weighted by Gasteiger charge is -2.23. The first-order valence-electron chi connectivity index (χ1n) is 7.31. The molecule has 0 fully saturated rings. The molecule has 0 amide bonds. The quantitative estimate of drug-likeness (QED) is 0.728. The number of aliphatic hydroxyl groups excluding tert-OH is 1. The zero-order valence-corrected chi connectivity index (χ0v) is 14.6. The Balaban J connectivity index is 2.03. The number of anilines is 1. The summed E-state index contributed by atoms with van der Waals surface area (Å²) in [6.07, 6.45) is 0. The van der Waals surface area contributed by atoms with E-state index in [2.05, 4.69) is 4.99 Å². The van der Waals surface area contributed by atoms with Crippen molar-refractivity contribution >= 4 is 33.1 Å². The first-order valence-corrected chi connectivity index (χ1v) is 9.24. The number of nitrogens with zero attached hydrogens (tertiary/aromatic N) is 2. The number of hydrogen-bond acceptors (Lipinski definition) is 6. The number of sulfonamides is 1. The smallest absolute Gasteiger partial charge is 0.238 e. The molecule has 0 aromatic heterocycles. The average Bonchev–Trinajstić information content (AvgIpc) is 2.94. The minimum absolute atomic E-state index is 0.0229. The van der Waals surface area contributed by atoms with Crippen molar-refractivity contribution in [3.05, 3.63) is 59.1 Å². The largest absolute Gasteiger partial charge is 0.391 e. The fourth-order valence-electron chi connectivity index (χ4n) is 2.55. The number of rotatable bonds is 4. The van der Waals surface area contributed by atoms with Crippen LogP contribution in [0.1, 0.15) is 5.56 Å². The summed E-state index contributed by atoms with van der Waals surface area (Å²) >= 11 is 5.91. The van der Waals surface area contributed by atoms with Crippen LogP contribution in [0.25, 0.3) is 0 Å². The van der Waals surface area contributed by atoms with Crippen molar-refractivity contribution in [3.8, 4) is 0 Å². The molecule has 0 aliphatic carbocycles. The predicted octanol–water partition coefficient (Wildman–Crippen LogP) is 0.935. The summed E-state index contributed by atoms with van der Waals surface area (Å²) in [6.45, 7) is -0.493. The molecule has 0 radical (unpaired) electrons. The van der Waals surface area contributed by atoms with Crippen LogP contribution in [0.2, 0.25) is 5.02 Å². The van der Waals surface area contributed by atoms with Crippen LogP contribution in [0.3, 0.4) is 0 Å². The van der Waals surface area contributed by atoms with Crippen LogP contribution in [-0.2, 0) is 10.0 Å². The maximum atomic E-state index is 11.4. The van der Waals surface area contributed by atoms with Crippen molar-refractivity contribution in [2.75, 3.05) is 18.1 Å². The maximum absolute atomic E-state index is 11.4. The second kappa shape index (κ2) is 6.40. The van der Waals surface area contributed by atoms with E-state index in [-0.39, 0.29) is 11.4 Å². The molecule has 9 heteroatoms. The van der Waals surface area contributed by atoms with Crippen molar-refractivity contribution < 1.29 is 18.6 Å². The van der Waals surface area contributed by atoms with Crippen LogP contribution in [0.5, 0.6) is 0 Å². The van der Waals surface area contributed by atoms with Crippen molar-refractivity contribution in [1.82, 2.24) is 0 Å². The van der Waals surface area contributed by atoms with Crippen LogP contribution in [0.15, 0.2) is 58.4 Å². The van der Waals surface area contributed by atoms with Gasteiger partial charge in [0.2, 0.25) is 10.0 Å². The molecular weight excluding hydrogens is 366 g/mol. The molecule has 2 aromatic carbocycles. The minimum Gasteiger partial charge on any atom is -0.391 e. The van der Waals surface area contributed by atoms with E-state index in [1.807, 2.05) is 0 Å². The average molecular weight is 382 g/mol. The van der Waals surface area contributed by atoms with Crippen LogP contribution >= 0.6 is 11.6 Å². The van der Waals surface area contributed by atoms with E-state index < -0.39 is 22.4 Å². The van der Waals surface area contributed by atoms with Gasteiger partial charge in [-0.15, -0.1) is 0 Å². The molecule has 1 aliphatic heterocycles. The van der Waals surface area contributed by atoms with Gasteiger partial charge in [-0.05, 0) is 48.5 Å². The Kier molecular flexibility index (Phi) is 4.56. The molecule has 25 heavy (non-hydrogen) atoms. The molecule has 132 valence electrons. The predicted molar refractivity (Wildman–Crippen MR) is 95.2 cm³/mol. The summed E-state index contributed by atoms with van der Waals surface area (Å²) in [6, 6.07) is 12.8. The third-order valence-electron chi connectivity index (χ3n) is 3.81. The highest BCUT2D eigenvalue weighted by Gasteiger charge is 2.38. The van der Waals surface area contributed by atoms with E-state index in [1.165, 1.54) is 12.1 Å². The third-order valence-corrected chi connectivity index (χ3v) is 4.99. The van der Waals surface area contributed by atoms with Gasteiger partial charge in [-0.3, -0.25) is 0 Å². The van der Waals surface area contributed by atoms with Crippen LogP contribution in [0.4, 0.5) is 5.69 Å². The van der Waals surface area contributed by atoms with Gasteiger partial charge in [0.15, 0.2) is 5.72 Å². The number of hydrogen-bond donors (Lipinski definition) is 3. The van der Waals surface area contributed by atoms with Gasteiger partial charge in [0.1, 0.15) is 5.84 Å². The Morgan fingerprint density at radius 2 is 1.76 bits per heavy atom. The number of nitrogens with two attached hydrogens (primary N) is 1. The topological polar surface area (TPSA) is 116 Å². The van der Waals surface area contributed by atoms with Gasteiger partial charge in [-0.1, -0.05) is 11.6 Å². The van der Waals surface area contributed by atoms with E-state index >= 15 is 0 Å². The van der Waals surface area contributed by atoms with Gasteiger partial charge in [-0.25, -0.2) is 18.5 Å². The van der Waals surface area contributed by atoms with Gasteiger partial charge in [0, 0.05) is 16.3 Å². The van der Waals surface area contributed by atoms with Crippen LogP contribution < -0.4 is 10.0 Å². The molecule has 2 aromatic rings. The Morgan fingerprint density at radius 3 is 2.28 bits per heavy atom. The van der Waals surface area contributed by atoms with Gasteiger partial charge in [-0.2, -0.15) is 0 Å². The Labute approximate surface area is 150 Å². The molecule has 1 atom stereocenters. The van der Waals surface area contributed by atoms with E-state index in [4.69, 9.17) is 16.7 Å². The van der Waals surface area contributed by atoms with Crippen LogP contribution in [-0.4, -0.2) is 43.3 Å². The number of amidine groups is 1. The molecule has 1 unspecified atom stereocenters. The molecule has 1 aliphatic rings. The zero-order valence-electron chi connectivity index (χ0n) is 13.0. The monoisotopic (exact) mass is 381 g/mol. The maximum Gasteiger partial charge on any atom is 0.238 e. The summed E-state index contributed by atoms with van der Waals surface area (Å²) in [5.41, 5.74) is -0.345. The fraction of sp³-hybridized carbons (Fsp3) is 0.188. The molecular formula is C16H16ClN3O4S. The number of halogens is 1. The summed E-state index contributed by atoms with van der Waals surface area (Å²) in [7, 11) is -3.80. The van der Waals surface area contributed by atoms with Crippen molar-refractivity contribution in [2.24, 2.45) is 10.1 Å². The van der Waals surface area contributed by atoms with Gasteiger partial charge < -0.3 is 15.1 Å². The standard InChI is InChI=1S/C16H16ClN3O4S/c17-12-3-5-13(6-4-12)20-9-16(22,10-21)19-15(20)11-1-7-14(8-2-11)25(18,23)24/h1-8,21-22H,9-10H2,(H2,18,23,24). The first-order chi connectivity index (χ1) is 11.7. The summed E-state index contributed by atoms with van der Waals surface area (Å²) < 4.78 is 22.8. The highest BCUT2D eigenvalue weighted by Crippen LogP contribution is 2.29. The zero-order chi connectivity index (χ0) is 18.2. The lowest BCUT2D eigenvalue weighted by molar-refractivity contribution is 0.00794. The number of β-amino-alcohol motifs (C(OH)–C–C–N with tert-alkyl or cyclic N) is 1. The molecule has 0 saturated heterocycles. The SMILES string of the molecule is NS(=O)(=O)c1ccc(C2=NC(O)(CO)CN2c2ccc(Cl)cc2)cc1. The van der Waals surface area contributed by atoms with E-state index in [0.717, 1.165) is 5.69 Å². The Bertz CT molecular complexity index is 913. The van der Waals surface area contributed by atoms with E-state index in [1.54, 1.807) is 41.3 Å². The first kappa shape index (κ1) is 17.8. The van der Waals surface area contributed by atoms with E-state index in [0.29, 0.717) is 16.4 Å². The lowest BCUT2D eigenvalue weighted by Crippen LogP contribution is -2.38.